The van der Waals surface area contributed by atoms with Gasteiger partial charge in [0.2, 0.25) is 0 Å². The highest BCUT2D eigenvalue weighted by Gasteiger charge is 2.32. The number of para-hydroxylation sites is 1. The molecular weight excluding hydrogens is 602 g/mol. The van der Waals surface area contributed by atoms with Gasteiger partial charge in [-0.1, -0.05) is 53.3 Å². The number of amides is 1. The molecule has 1 amide bonds. The standard InChI is InChI=1S/C33H30ClN3O6S/c1-4-41-25-14-11-21(12-15-25)30-29(31(39)36-24-9-7-6-8-10-24)20(3)35-33-37(30)32(40)27(44-33)18-22-17-23(34)13-16-26(22)43-19-28(38)42-5-2/h6-18,30H,4-5,19H2,1-3H3,(H,36,39)/b27-18-/t30-/m1/s1. The highest BCUT2D eigenvalue weighted by molar-refractivity contribution is 7.07. The summed E-state index contributed by atoms with van der Waals surface area (Å²) < 4.78 is 18.2. The molecule has 226 valence electrons. The summed E-state index contributed by atoms with van der Waals surface area (Å²) in [5.74, 6) is 0.154. The number of ether oxygens (including phenoxy) is 3. The zero-order valence-corrected chi connectivity index (χ0v) is 25.9. The summed E-state index contributed by atoms with van der Waals surface area (Å²) >= 11 is 7.47. The van der Waals surface area contributed by atoms with E-state index in [9.17, 15) is 14.4 Å². The van der Waals surface area contributed by atoms with Gasteiger partial charge in [-0.3, -0.25) is 14.2 Å². The van der Waals surface area contributed by atoms with Crippen LogP contribution in [0.1, 0.15) is 37.9 Å². The SMILES string of the molecule is CCOC(=O)COc1ccc(Cl)cc1/C=c1\sc2n(c1=O)[C@H](c1ccc(OCC)cc1)C(C(=O)Nc1ccccc1)=C(C)N=2. The molecule has 0 radical (unpaired) electrons. The van der Waals surface area contributed by atoms with Gasteiger partial charge < -0.3 is 19.5 Å². The average molecular weight is 632 g/mol. The van der Waals surface area contributed by atoms with Gasteiger partial charge in [0, 0.05) is 16.3 Å². The van der Waals surface area contributed by atoms with Crippen LogP contribution in [0.15, 0.2) is 93.9 Å². The Bertz CT molecular complexity index is 1900. The lowest BCUT2D eigenvalue weighted by Gasteiger charge is -2.25. The van der Waals surface area contributed by atoms with Crippen LogP contribution in [0.3, 0.4) is 0 Å². The van der Waals surface area contributed by atoms with Crippen molar-refractivity contribution in [3.63, 3.8) is 0 Å². The second-order valence-electron chi connectivity index (χ2n) is 9.68. The number of fused-ring (bicyclic) bond motifs is 1. The van der Waals surface area contributed by atoms with Crippen LogP contribution in [-0.4, -0.2) is 36.3 Å². The van der Waals surface area contributed by atoms with E-state index in [1.54, 1.807) is 50.3 Å². The lowest BCUT2D eigenvalue weighted by Crippen LogP contribution is -2.40. The van der Waals surface area contributed by atoms with Gasteiger partial charge in [-0.15, -0.1) is 0 Å². The Hall–Kier alpha value is -4.67. The third-order valence-corrected chi connectivity index (χ3v) is 7.93. The quantitative estimate of drug-likeness (QED) is 0.250. The van der Waals surface area contributed by atoms with Gasteiger partial charge in [-0.05, 0) is 74.9 Å². The van der Waals surface area contributed by atoms with Gasteiger partial charge in [0.15, 0.2) is 11.4 Å². The van der Waals surface area contributed by atoms with Crippen molar-refractivity contribution in [1.82, 2.24) is 4.57 Å². The minimum Gasteiger partial charge on any atom is -0.494 e. The summed E-state index contributed by atoms with van der Waals surface area (Å²) in [6.45, 7) is 5.82. The van der Waals surface area contributed by atoms with Crippen LogP contribution in [0, 0.1) is 0 Å². The van der Waals surface area contributed by atoms with E-state index in [4.69, 9.17) is 30.8 Å². The first-order valence-electron chi connectivity index (χ1n) is 14.0. The molecule has 1 N–H and O–H groups in total. The van der Waals surface area contributed by atoms with E-state index in [1.807, 2.05) is 49.4 Å². The maximum Gasteiger partial charge on any atom is 0.344 e. The molecule has 1 atom stereocenters. The Morgan fingerprint density at radius 2 is 1.77 bits per heavy atom. The van der Waals surface area contributed by atoms with Gasteiger partial charge in [-0.2, -0.15) is 0 Å². The number of hydrogen-bond donors (Lipinski definition) is 1. The molecule has 0 aliphatic carbocycles. The molecule has 3 aromatic carbocycles. The van der Waals surface area contributed by atoms with Crippen LogP contribution >= 0.6 is 22.9 Å². The number of hydrogen-bond acceptors (Lipinski definition) is 8. The predicted octanol–water partition coefficient (Wildman–Crippen LogP) is 4.87. The van der Waals surface area contributed by atoms with E-state index in [-0.39, 0.29) is 24.7 Å². The van der Waals surface area contributed by atoms with E-state index in [1.165, 1.54) is 15.9 Å². The van der Waals surface area contributed by atoms with Gasteiger partial charge in [-0.25, -0.2) is 9.79 Å². The lowest BCUT2D eigenvalue weighted by atomic mass is 9.95. The molecule has 9 nitrogen and oxygen atoms in total. The second kappa shape index (κ2) is 13.7. The van der Waals surface area contributed by atoms with Crippen molar-refractivity contribution in [3.05, 3.63) is 120 Å². The number of nitrogens with one attached hydrogen (secondary N) is 1. The van der Waals surface area contributed by atoms with Crippen molar-refractivity contribution in [2.75, 3.05) is 25.1 Å². The Balaban J connectivity index is 1.62. The highest BCUT2D eigenvalue weighted by Crippen LogP contribution is 2.32. The highest BCUT2D eigenvalue weighted by atomic mass is 35.5. The van der Waals surface area contributed by atoms with E-state index in [2.05, 4.69) is 5.32 Å². The van der Waals surface area contributed by atoms with Gasteiger partial charge >= 0.3 is 5.97 Å². The second-order valence-corrected chi connectivity index (χ2v) is 11.1. The van der Waals surface area contributed by atoms with Crippen LogP contribution in [0.5, 0.6) is 11.5 Å². The third kappa shape index (κ3) is 6.77. The molecule has 44 heavy (non-hydrogen) atoms. The van der Waals surface area contributed by atoms with Crippen molar-refractivity contribution in [3.8, 4) is 11.5 Å². The summed E-state index contributed by atoms with van der Waals surface area (Å²) in [6, 6.07) is 20.6. The summed E-state index contributed by atoms with van der Waals surface area (Å²) in [7, 11) is 0. The number of anilines is 1. The van der Waals surface area contributed by atoms with E-state index in [0.717, 1.165) is 5.56 Å². The fraction of sp³-hybridized carbons (Fsp3) is 0.212. The Kier molecular flexibility index (Phi) is 9.62. The molecule has 0 unspecified atom stereocenters. The minimum atomic E-state index is -0.758. The minimum absolute atomic E-state index is 0.233. The van der Waals surface area contributed by atoms with E-state index >= 15 is 0 Å². The number of aromatic nitrogens is 1. The molecule has 0 saturated heterocycles. The van der Waals surface area contributed by atoms with E-state index < -0.39 is 12.0 Å². The molecule has 0 saturated carbocycles. The molecule has 11 heteroatoms. The number of allylic oxidation sites excluding steroid dienone is 1. The van der Waals surface area contributed by atoms with Crippen LogP contribution in [-0.2, 0) is 14.3 Å². The summed E-state index contributed by atoms with van der Waals surface area (Å²) in [5, 5.41) is 3.37. The number of halogens is 1. The molecule has 5 rings (SSSR count). The number of thiazole rings is 1. The fourth-order valence-corrected chi connectivity index (χ4v) is 6.02. The molecule has 4 aromatic rings. The van der Waals surface area contributed by atoms with Crippen LogP contribution in [0.25, 0.3) is 6.08 Å². The molecule has 1 aliphatic rings. The van der Waals surface area contributed by atoms with Crippen LogP contribution < -0.4 is 29.7 Å². The average Bonchev–Trinajstić information content (AvgIpc) is 3.31. The first kappa shape index (κ1) is 30.8. The first-order chi connectivity index (χ1) is 21.3. The third-order valence-electron chi connectivity index (χ3n) is 6.71. The Morgan fingerprint density at radius 3 is 2.48 bits per heavy atom. The number of carbonyl (C=O) groups excluding carboxylic acids is 2. The molecular formula is C33H30ClN3O6S. The topological polar surface area (TPSA) is 108 Å². The van der Waals surface area contributed by atoms with Crippen molar-refractivity contribution in [2.45, 2.75) is 26.8 Å². The zero-order valence-electron chi connectivity index (χ0n) is 24.3. The van der Waals surface area contributed by atoms with Crippen LogP contribution in [0.4, 0.5) is 5.69 Å². The molecule has 0 spiro atoms. The first-order valence-corrected chi connectivity index (χ1v) is 15.2. The zero-order chi connectivity index (χ0) is 31.2. The molecule has 1 aliphatic heterocycles. The molecule has 2 heterocycles. The van der Waals surface area contributed by atoms with Crippen molar-refractivity contribution < 1.29 is 23.8 Å². The number of rotatable bonds is 10. The monoisotopic (exact) mass is 631 g/mol. The Labute approximate surface area is 262 Å². The molecule has 1 aromatic heterocycles. The predicted molar refractivity (Wildman–Crippen MR) is 170 cm³/mol. The number of esters is 1. The van der Waals surface area contributed by atoms with E-state index in [0.29, 0.717) is 55.0 Å². The summed E-state index contributed by atoms with van der Waals surface area (Å²) in [6.07, 6.45) is 1.65. The van der Waals surface area contributed by atoms with Crippen molar-refractivity contribution in [1.29, 1.82) is 0 Å². The maximum atomic E-state index is 14.1. The molecule has 0 fully saturated rings. The molecule has 0 bridgehead atoms. The Morgan fingerprint density at radius 1 is 1.02 bits per heavy atom. The number of nitrogens with zero attached hydrogens (tertiary/aromatic N) is 2. The maximum absolute atomic E-state index is 14.1. The summed E-state index contributed by atoms with van der Waals surface area (Å²) in [5.41, 5.74) is 2.33. The van der Waals surface area contributed by atoms with Gasteiger partial charge in [0.25, 0.3) is 11.5 Å². The van der Waals surface area contributed by atoms with Crippen molar-refractivity contribution >= 4 is 46.6 Å². The summed E-state index contributed by atoms with van der Waals surface area (Å²) in [4.78, 5) is 44.9. The number of benzene rings is 3. The van der Waals surface area contributed by atoms with Gasteiger partial charge in [0.05, 0.1) is 35.1 Å². The van der Waals surface area contributed by atoms with Gasteiger partial charge in [0.1, 0.15) is 11.5 Å². The van der Waals surface area contributed by atoms with Crippen molar-refractivity contribution in [2.24, 2.45) is 4.99 Å². The smallest absolute Gasteiger partial charge is 0.344 e. The number of carbonyl (C=O) groups is 2. The normalized spacial score (nSPS) is 14.5. The largest absolute Gasteiger partial charge is 0.494 e. The fourth-order valence-electron chi connectivity index (χ4n) is 4.80. The lowest BCUT2D eigenvalue weighted by molar-refractivity contribution is -0.145. The van der Waals surface area contributed by atoms with Crippen LogP contribution in [0.2, 0.25) is 5.02 Å².